The lowest BCUT2D eigenvalue weighted by molar-refractivity contribution is 0.115. The molecule has 2 rings (SSSR count). The van der Waals surface area contributed by atoms with Crippen molar-refractivity contribution >= 4 is 0 Å². The van der Waals surface area contributed by atoms with Crippen LogP contribution < -0.4 is 5.73 Å². The molecule has 2 atom stereocenters. The standard InChI is InChI=1S/C14H26N4/c1-3-12-4-7-18(13(10-12)11-15)8-5-14-16-6-9-17(14)2/h6,9,12-13H,3-5,7-8,10-11,15H2,1-2H3. The molecule has 4 nitrogen and oxygen atoms in total. The minimum atomic E-state index is 0.573. The number of aryl methyl sites for hydroxylation is 1. The van der Waals surface area contributed by atoms with Gasteiger partial charge in [-0.1, -0.05) is 13.3 Å². The van der Waals surface area contributed by atoms with E-state index in [1.807, 2.05) is 12.4 Å². The molecule has 0 radical (unpaired) electrons. The predicted molar refractivity (Wildman–Crippen MR) is 74.3 cm³/mol. The third kappa shape index (κ3) is 3.12. The van der Waals surface area contributed by atoms with Gasteiger partial charge in [-0.2, -0.15) is 0 Å². The maximum absolute atomic E-state index is 5.93. The van der Waals surface area contributed by atoms with Crippen LogP contribution in [0, 0.1) is 5.92 Å². The van der Waals surface area contributed by atoms with Crippen LogP contribution in [0.1, 0.15) is 32.0 Å². The van der Waals surface area contributed by atoms with E-state index >= 15 is 0 Å². The van der Waals surface area contributed by atoms with E-state index in [9.17, 15) is 0 Å². The van der Waals surface area contributed by atoms with Gasteiger partial charge in [0.2, 0.25) is 0 Å². The summed E-state index contributed by atoms with van der Waals surface area (Å²) in [6, 6.07) is 0.573. The molecule has 1 aliphatic heterocycles. The molecule has 0 amide bonds. The van der Waals surface area contributed by atoms with E-state index in [4.69, 9.17) is 5.73 Å². The first-order valence-corrected chi connectivity index (χ1v) is 7.14. The SMILES string of the molecule is CCC1CCN(CCc2nccn2C)C(CN)C1. The third-order valence-corrected chi connectivity index (χ3v) is 4.34. The van der Waals surface area contributed by atoms with Crippen molar-refractivity contribution < 1.29 is 0 Å². The van der Waals surface area contributed by atoms with Gasteiger partial charge in [0.05, 0.1) is 0 Å². The van der Waals surface area contributed by atoms with Gasteiger partial charge in [-0.05, 0) is 25.3 Å². The molecule has 1 aliphatic rings. The fourth-order valence-corrected chi connectivity index (χ4v) is 2.97. The molecule has 1 aromatic rings. The Morgan fingerprint density at radius 1 is 1.50 bits per heavy atom. The van der Waals surface area contributed by atoms with E-state index in [0.717, 1.165) is 25.4 Å². The lowest BCUT2D eigenvalue weighted by Crippen LogP contribution is -2.47. The van der Waals surface area contributed by atoms with E-state index in [2.05, 4.69) is 28.4 Å². The lowest BCUT2D eigenvalue weighted by atomic mass is 9.89. The van der Waals surface area contributed by atoms with Gasteiger partial charge in [0.25, 0.3) is 0 Å². The number of hydrogen-bond acceptors (Lipinski definition) is 3. The molecule has 4 heteroatoms. The predicted octanol–water partition coefficient (Wildman–Crippen LogP) is 1.41. The average Bonchev–Trinajstić information content (AvgIpc) is 2.81. The molecule has 1 saturated heterocycles. The number of likely N-dealkylation sites (tertiary alicyclic amines) is 1. The third-order valence-electron chi connectivity index (χ3n) is 4.34. The molecular weight excluding hydrogens is 224 g/mol. The highest BCUT2D eigenvalue weighted by Gasteiger charge is 2.26. The Hall–Kier alpha value is -0.870. The summed E-state index contributed by atoms with van der Waals surface area (Å²) >= 11 is 0. The molecule has 0 spiro atoms. The Morgan fingerprint density at radius 3 is 2.94 bits per heavy atom. The molecule has 0 saturated carbocycles. The Labute approximate surface area is 110 Å². The topological polar surface area (TPSA) is 47.1 Å². The lowest BCUT2D eigenvalue weighted by Gasteiger charge is -2.38. The highest BCUT2D eigenvalue weighted by Crippen LogP contribution is 2.24. The zero-order chi connectivity index (χ0) is 13.0. The molecule has 2 heterocycles. The van der Waals surface area contributed by atoms with Crippen molar-refractivity contribution in [1.29, 1.82) is 0 Å². The second-order valence-electron chi connectivity index (χ2n) is 5.43. The molecule has 0 aromatic carbocycles. The van der Waals surface area contributed by atoms with Crippen LogP contribution in [0.4, 0.5) is 0 Å². The summed E-state index contributed by atoms with van der Waals surface area (Å²) in [4.78, 5) is 6.94. The van der Waals surface area contributed by atoms with Gasteiger partial charge < -0.3 is 10.3 Å². The van der Waals surface area contributed by atoms with E-state index in [-0.39, 0.29) is 0 Å². The van der Waals surface area contributed by atoms with Gasteiger partial charge in [0, 0.05) is 45.0 Å². The molecule has 102 valence electrons. The minimum absolute atomic E-state index is 0.573. The molecule has 2 unspecified atom stereocenters. The van der Waals surface area contributed by atoms with Gasteiger partial charge >= 0.3 is 0 Å². The maximum atomic E-state index is 5.93. The summed E-state index contributed by atoms with van der Waals surface area (Å²) in [5.41, 5.74) is 5.93. The average molecular weight is 250 g/mol. The molecule has 1 aromatic heterocycles. The van der Waals surface area contributed by atoms with Crippen molar-refractivity contribution in [3.63, 3.8) is 0 Å². The Balaban J connectivity index is 1.87. The summed E-state index contributed by atoms with van der Waals surface area (Å²) in [5.74, 6) is 2.05. The number of nitrogens with zero attached hydrogens (tertiary/aromatic N) is 3. The van der Waals surface area contributed by atoms with Crippen molar-refractivity contribution in [2.75, 3.05) is 19.6 Å². The quantitative estimate of drug-likeness (QED) is 0.859. The highest BCUT2D eigenvalue weighted by molar-refractivity contribution is 4.93. The minimum Gasteiger partial charge on any atom is -0.338 e. The van der Waals surface area contributed by atoms with Gasteiger partial charge in [-0.3, -0.25) is 4.90 Å². The Bertz CT molecular complexity index is 360. The van der Waals surface area contributed by atoms with Gasteiger partial charge in [0.1, 0.15) is 5.82 Å². The van der Waals surface area contributed by atoms with Crippen molar-refractivity contribution in [3.8, 4) is 0 Å². The zero-order valence-corrected chi connectivity index (χ0v) is 11.7. The molecular formula is C14H26N4. The Kier molecular flexibility index (Phi) is 4.78. The second-order valence-corrected chi connectivity index (χ2v) is 5.43. The number of imidazole rings is 1. The number of hydrogen-bond donors (Lipinski definition) is 1. The van der Waals surface area contributed by atoms with Gasteiger partial charge in [-0.15, -0.1) is 0 Å². The number of nitrogens with two attached hydrogens (primary N) is 1. The first-order chi connectivity index (χ1) is 8.74. The van der Waals surface area contributed by atoms with Crippen molar-refractivity contribution in [2.45, 2.75) is 38.6 Å². The summed E-state index contributed by atoms with van der Waals surface area (Å²) in [7, 11) is 2.06. The molecule has 1 fully saturated rings. The van der Waals surface area contributed by atoms with Crippen LogP contribution >= 0.6 is 0 Å². The molecule has 2 N–H and O–H groups in total. The molecule has 0 bridgehead atoms. The van der Waals surface area contributed by atoms with Crippen molar-refractivity contribution in [2.24, 2.45) is 18.7 Å². The van der Waals surface area contributed by atoms with Crippen molar-refractivity contribution in [1.82, 2.24) is 14.5 Å². The zero-order valence-electron chi connectivity index (χ0n) is 11.7. The summed E-state index contributed by atoms with van der Waals surface area (Å²) in [6.45, 7) is 5.37. The largest absolute Gasteiger partial charge is 0.338 e. The summed E-state index contributed by atoms with van der Waals surface area (Å²) in [5, 5.41) is 0. The van der Waals surface area contributed by atoms with Gasteiger partial charge in [-0.25, -0.2) is 4.98 Å². The maximum Gasteiger partial charge on any atom is 0.109 e. The smallest absolute Gasteiger partial charge is 0.109 e. The monoisotopic (exact) mass is 250 g/mol. The van der Waals surface area contributed by atoms with Crippen molar-refractivity contribution in [3.05, 3.63) is 18.2 Å². The van der Waals surface area contributed by atoms with Crippen LogP contribution in [0.2, 0.25) is 0 Å². The Morgan fingerprint density at radius 2 is 2.33 bits per heavy atom. The fourth-order valence-electron chi connectivity index (χ4n) is 2.97. The van der Waals surface area contributed by atoms with Crippen LogP contribution in [0.3, 0.4) is 0 Å². The van der Waals surface area contributed by atoms with Crippen LogP contribution in [0.5, 0.6) is 0 Å². The van der Waals surface area contributed by atoms with E-state index < -0.39 is 0 Å². The van der Waals surface area contributed by atoms with Crippen LogP contribution in [0.15, 0.2) is 12.4 Å². The van der Waals surface area contributed by atoms with E-state index in [0.29, 0.717) is 6.04 Å². The normalized spacial score (nSPS) is 25.5. The first-order valence-electron chi connectivity index (χ1n) is 7.14. The highest BCUT2D eigenvalue weighted by atomic mass is 15.2. The fraction of sp³-hybridized carbons (Fsp3) is 0.786. The van der Waals surface area contributed by atoms with E-state index in [1.165, 1.54) is 31.6 Å². The summed E-state index contributed by atoms with van der Waals surface area (Å²) in [6.07, 6.45) is 8.81. The van der Waals surface area contributed by atoms with Gasteiger partial charge in [0.15, 0.2) is 0 Å². The first kappa shape index (κ1) is 13.6. The number of aromatic nitrogens is 2. The van der Waals surface area contributed by atoms with Crippen LogP contribution in [-0.2, 0) is 13.5 Å². The van der Waals surface area contributed by atoms with Crippen LogP contribution in [-0.4, -0.2) is 40.1 Å². The second kappa shape index (κ2) is 6.34. The van der Waals surface area contributed by atoms with E-state index in [1.54, 1.807) is 0 Å². The number of piperidine rings is 1. The van der Waals surface area contributed by atoms with Crippen LogP contribution in [0.25, 0.3) is 0 Å². The molecule has 18 heavy (non-hydrogen) atoms. The summed E-state index contributed by atoms with van der Waals surface area (Å²) < 4.78 is 2.11. The molecule has 0 aliphatic carbocycles. The number of rotatable bonds is 5.